The van der Waals surface area contributed by atoms with Crippen LogP contribution in [0.2, 0.25) is 0 Å². The van der Waals surface area contributed by atoms with E-state index in [1.54, 1.807) is 6.07 Å². The van der Waals surface area contributed by atoms with Crippen LogP contribution in [0.15, 0.2) is 29.3 Å². The van der Waals surface area contributed by atoms with E-state index in [2.05, 4.69) is 34.6 Å². The molecule has 0 aliphatic heterocycles. The minimum Gasteiger partial charge on any atom is -0.357 e. The molecule has 1 unspecified atom stereocenters. The van der Waals surface area contributed by atoms with Gasteiger partial charge in [0.25, 0.3) is 0 Å². The van der Waals surface area contributed by atoms with E-state index in [0.717, 1.165) is 30.5 Å². The minimum absolute atomic E-state index is 0. The van der Waals surface area contributed by atoms with Crippen molar-refractivity contribution >= 4 is 29.9 Å². The van der Waals surface area contributed by atoms with Crippen LogP contribution in [0.4, 0.5) is 4.39 Å². The van der Waals surface area contributed by atoms with Crippen LogP contribution >= 0.6 is 24.0 Å². The summed E-state index contributed by atoms with van der Waals surface area (Å²) in [5.41, 5.74) is 0.878. The minimum atomic E-state index is -0.216. The average molecular weight is 434 g/mol. The topological polar surface area (TPSA) is 39.7 Å². The van der Waals surface area contributed by atoms with E-state index in [0.29, 0.717) is 12.6 Å². The molecular formula is C17H28FIN4. The molecule has 1 aromatic carbocycles. The molecule has 23 heavy (non-hydrogen) atoms. The molecule has 1 atom stereocenters. The Morgan fingerprint density at radius 1 is 1.35 bits per heavy atom. The van der Waals surface area contributed by atoms with Crippen LogP contribution in [-0.2, 0) is 6.54 Å². The van der Waals surface area contributed by atoms with Gasteiger partial charge >= 0.3 is 0 Å². The van der Waals surface area contributed by atoms with Crippen molar-refractivity contribution in [1.82, 2.24) is 15.5 Å². The normalized spacial score (nSPS) is 16.0. The maximum Gasteiger partial charge on any atom is 0.191 e. The molecule has 2 rings (SSSR count). The van der Waals surface area contributed by atoms with Gasteiger partial charge < -0.3 is 15.5 Å². The maximum atomic E-state index is 13.2. The van der Waals surface area contributed by atoms with Gasteiger partial charge in [0.2, 0.25) is 0 Å². The highest BCUT2D eigenvalue weighted by molar-refractivity contribution is 14.0. The summed E-state index contributed by atoms with van der Waals surface area (Å²) in [7, 11) is 4.25. The van der Waals surface area contributed by atoms with Gasteiger partial charge in [-0.3, -0.25) is 0 Å². The summed E-state index contributed by atoms with van der Waals surface area (Å²) in [5, 5.41) is 6.66. The molecule has 1 aliphatic carbocycles. The maximum absolute atomic E-state index is 13.2. The lowest BCUT2D eigenvalue weighted by Crippen LogP contribution is -2.46. The van der Waals surface area contributed by atoms with Gasteiger partial charge in [-0.05, 0) is 57.5 Å². The Morgan fingerprint density at radius 3 is 2.65 bits per heavy atom. The second-order valence-corrected chi connectivity index (χ2v) is 6.07. The molecule has 0 amide bonds. The van der Waals surface area contributed by atoms with E-state index in [1.165, 1.54) is 25.0 Å². The van der Waals surface area contributed by atoms with Gasteiger partial charge in [-0.2, -0.15) is 0 Å². The lowest BCUT2D eigenvalue weighted by Gasteiger charge is -2.25. The molecule has 0 heterocycles. The summed E-state index contributed by atoms with van der Waals surface area (Å²) in [4.78, 5) is 6.82. The molecule has 0 aromatic heterocycles. The summed E-state index contributed by atoms with van der Waals surface area (Å²) in [6.07, 6.45) is 2.64. The summed E-state index contributed by atoms with van der Waals surface area (Å²) in [6, 6.07) is 7.13. The Morgan fingerprint density at radius 2 is 2.09 bits per heavy atom. The number of rotatable bonds is 7. The zero-order valence-corrected chi connectivity index (χ0v) is 16.5. The molecular weight excluding hydrogens is 406 g/mol. The van der Waals surface area contributed by atoms with E-state index < -0.39 is 0 Å². The number of halogens is 2. The highest BCUT2D eigenvalue weighted by atomic mass is 127. The van der Waals surface area contributed by atoms with Gasteiger partial charge in [0.15, 0.2) is 5.96 Å². The number of nitrogens with one attached hydrogen (secondary N) is 2. The molecule has 1 fully saturated rings. The monoisotopic (exact) mass is 434 g/mol. The molecule has 1 saturated carbocycles. The van der Waals surface area contributed by atoms with Crippen molar-refractivity contribution in [3.05, 3.63) is 35.6 Å². The van der Waals surface area contributed by atoms with Crippen molar-refractivity contribution in [1.29, 1.82) is 0 Å². The third-order valence-corrected chi connectivity index (χ3v) is 3.96. The number of aliphatic imine (C=N–C) groups is 1. The van der Waals surface area contributed by atoms with Crippen LogP contribution < -0.4 is 10.6 Å². The molecule has 1 aromatic rings. The first-order valence-corrected chi connectivity index (χ1v) is 8.03. The molecule has 2 N–H and O–H groups in total. The van der Waals surface area contributed by atoms with Crippen molar-refractivity contribution in [3.63, 3.8) is 0 Å². The van der Waals surface area contributed by atoms with Crippen LogP contribution in [0, 0.1) is 11.7 Å². The summed E-state index contributed by atoms with van der Waals surface area (Å²) in [6.45, 7) is 4.21. The van der Waals surface area contributed by atoms with Crippen LogP contribution in [0.5, 0.6) is 0 Å². The van der Waals surface area contributed by atoms with E-state index in [4.69, 9.17) is 0 Å². The number of hydrogen-bond acceptors (Lipinski definition) is 2. The average Bonchev–Trinajstić information content (AvgIpc) is 3.29. The Bertz CT molecular complexity index is 501. The van der Waals surface area contributed by atoms with Crippen molar-refractivity contribution in [2.45, 2.75) is 32.4 Å². The summed E-state index contributed by atoms with van der Waals surface area (Å²) >= 11 is 0. The summed E-state index contributed by atoms with van der Waals surface area (Å²) in [5.74, 6) is 1.37. The number of benzene rings is 1. The third-order valence-electron chi connectivity index (χ3n) is 3.96. The first-order valence-electron chi connectivity index (χ1n) is 8.03. The van der Waals surface area contributed by atoms with E-state index in [9.17, 15) is 4.39 Å². The van der Waals surface area contributed by atoms with Gasteiger partial charge in [-0.15, -0.1) is 24.0 Å². The molecule has 0 spiro atoms. The quantitative estimate of drug-likeness (QED) is 0.394. The van der Waals surface area contributed by atoms with Gasteiger partial charge in [0.1, 0.15) is 5.82 Å². The van der Waals surface area contributed by atoms with Gasteiger partial charge in [0, 0.05) is 19.1 Å². The Hall–Kier alpha value is -0.890. The fraction of sp³-hybridized carbons (Fsp3) is 0.588. The molecule has 0 bridgehead atoms. The molecule has 0 saturated heterocycles. The number of guanidine groups is 1. The lowest BCUT2D eigenvalue weighted by molar-refractivity contribution is 0.264. The van der Waals surface area contributed by atoms with Crippen molar-refractivity contribution < 1.29 is 4.39 Å². The number of nitrogens with zero attached hydrogens (tertiary/aromatic N) is 2. The first kappa shape index (κ1) is 20.2. The highest BCUT2D eigenvalue weighted by Crippen LogP contribution is 2.34. The zero-order chi connectivity index (χ0) is 15.9. The Labute approximate surface area is 156 Å². The molecule has 6 heteroatoms. The Balaban J connectivity index is 0.00000264. The highest BCUT2D eigenvalue weighted by Gasteiger charge is 2.32. The van der Waals surface area contributed by atoms with Crippen LogP contribution in [0.1, 0.15) is 25.3 Å². The van der Waals surface area contributed by atoms with Gasteiger partial charge in [-0.1, -0.05) is 12.1 Å². The van der Waals surface area contributed by atoms with Crippen molar-refractivity contribution in [2.75, 3.05) is 27.2 Å². The largest absolute Gasteiger partial charge is 0.357 e. The van der Waals surface area contributed by atoms with Crippen LogP contribution in [-0.4, -0.2) is 44.1 Å². The molecule has 130 valence electrons. The van der Waals surface area contributed by atoms with E-state index in [1.807, 2.05) is 13.0 Å². The van der Waals surface area contributed by atoms with E-state index >= 15 is 0 Å². The molecule has 4 nitrogen and oxygen atoms in total. The fourth-order valence-electron chi connectivity index (χ4n) is 2.60. The van der Waals surface area contributed by atoms with Gasteiger partial charge in [0.05, 0.1) is 6.54 Å². The first-order chi connectivity index (χ1) is 10.6. The molecule has 0 radical (unpaired) electrons. The Kier molecular flexibility index (Phi) is 8.83. The van der Waals surface area contributed by atoms with Crippen molar-refractivity contribution in [3.8, 4) is 0 Å². The van der Waals surface area contributed by atoms with Gasteiger partial charge in [-0.25, -0.2) is 9.38 Å². The predicted octanol–water partition coefficient (Wildman–Crippen LogP) is 2.84. The lowest BCUT2D eigenvalue weighted by atomic mass is 10.1. The molecule has 1 aliphatic rings. The smallest absolute Gasteiger partial charge is 0.191 e. The standard InChI is InChI=1S/C17H27FN4.HI/c1-4-19-17(20-11-13-6-5-7-15(18)10-13)21-12-16(22(2)3)14-8-9-14;/h5-7,10,14,16H,4,8-9,11-12H2,1-3H3,(H2,19,20,21);1H. The number of likely N-dealkylation sites (N-methyl/N-ethyl adjacent to an activating group) is 1. The number of hydrogen-bond donors (Lipinski definition) is 2. The second-order valence-electron chi connectivity index (χ2n) is 6.07. The summed E-state index contributed by atoms with van der Waals surface area (Å²) < 4.78 is 13.2. The third kappa shape index (κ3) is 7.03. The fourth-order valence-corrected chi connectivity index (χ4v) is 2.60. The van der Waals surface area contributed by atoms with Crippen LogP contribution in [0.25, 0.3) is 0 Å². The van der Waals surface area contributed by atoms with E-state index in [-0.39, 0.29) is 29.8 Å². The van der Waals surface area contributed by atoms with Crippen molar-refractivity contribution in [2.24, 2.45) is 10.9 Å². The predicted molar refractivity (Wildman–Crippen MR) is 105 cm³/mol. The van der Waals surface area contributed by atoms with Crippen LogP contribution in [0.3, 0.4) is 0 Å². The zero-order valence-electron chi connectivity index (χ0n) is 14.2. The SMILES string of the molecule is CCNC(=NCc1cccc(F)c1)NCC(C1CC1)N(C)C.I. The second kappa shape index (κ2) is 10.1.